The largest absolute Gasteiger partial charge is 0.465 e. The predicted octanol–water partition coefficient (Wildman–Crippen LogP) is 1.36. The van der Waals surface area contributed by atoms with Gasteiger partial charge in [-0.15, -0.1) is 0 Å². The Kier molecular flexibility index (Phi) is 3.25. The third kappa shape index (κ3) is 2.18. The Morgan fingerprint density at radius 3 is 2.92 bits per heavy atom. The molecule has 1 aromatic rings. The number of methoxy groups -OCH3 is 1. The van der Waals surface area contributed by atoms with Gasteiger partial charge in [0.15, 0.2) is 4.88 Å². The number of carbonyl (C=O) groups is 1. The summed E-state index contributed by atoms with van der Waals surface area (Å²) >= 11 is 1.21. The van der Waals surface area contributed by atoms with Crippen LogP contribution < -0.4 is 4.87 Å². The third-order valence-electron chi connectivity index (χ3n) is 1.41. The van der Waals surface area contributed by atoms with Gasteiger partial charge in [-0.2, -0.15) is 0 Å². The summed E-state index contributed by atoms with van der Waals surface area (Å²) in [6.45, 7) is 4.27. The molecule has 0 unspecified atom stereocenters. The number of nitrogens with zero attached hydrogens (tertiary/aromatic N) is 1. The molecule has 72 valence electrons. The summed E-state index contributed by atoms with van der Waals surface area (Å²) in [5.74, 6) is 0.188. The van der Waals surface area contributed by atoms with Gasteiger partial charge in [0.2, 0.25) is 0 Å². The van der Waals surface area contributed by atoms with Crippen molar-refractivity contribution in [1.82, 2.24) is 0 Å². The van der Waals surface area contributed by atoms with Crippen LogP contribution in [0.1, 0.15) is 22.4 Å². The Morgan fingerprint density at radius 2 is 2.38 bits per heavy atom. The SMILES string of the molecule is CCN=c1oc(C)c(C(=O)OC)s1. The first-order chi connectivity index (χ1) is 6.19. The van der Waals surface area contributed by atoms with E-state index in [0.717, 1.165) is 0 Å². The van der Waals surface area contributed by atoms with Gasteiger partial charge in [-0.3, -0.25) is 0 Å². The lowest BCUT2D eigenvalue weighted by Gasteiger charge is -1.92. The Balaban J connectivity index is 3.10. The maximum atomic E-state index is 11.1. The summed E-state index contributed by atoms with van der Waals surface area (Å²) in [6, 6.07) is 0. The smallest absolute Gasteiger partial charge is 0.351 e. The van der Waals surface area contributed by atoms with E-state index in [0.29, 0.717) is 22.0 Å². The fraction of sp³-hybridized carbons (Fsp3) is 0.500. The molecule has 1 aromatic heterocycles. The van der Waals surface area contributed by atoms with Crippen molar-refractivity contribution in [2.75, 3.05) is 13.7 Å². The molecule has 0 atom stereocenters. The van der Waals surface area contributed by atoms with Gasteiger partial charge >= 0.3 is 5.97 Å². The van der Waals surface area contributed by atoms with Gasteiger partial charge in [-0.1, -0.05) is 11.3 Å². The monoisotopic (exact) mass is 201 g/mol. The van der Waals surface area contributed by atoms with E-state index >= 15 is 0 Å². The normalized spacial score (nSPS) is 11.8. The second-order valence-electron chi connectivity index (χ2n) is 2.32. The van der Waals surface area contributed by atoms with Gasteiger partial charge < -0.3 is 9.15 Å². The van der Waals surface area contributed by atoms with Crippen molar-refractivity contribution in [3.63, 3.8) is 0 Å². The first kappa shape index (κ1) is 9.98. The standard InChI is InChI=1S/C8H11NO3S/c1-4-9-8-12-5(2)6(13-8)7(10)11-3/h4H2,1-3H3. The van der Waals surface area contributed by atoms with Crippen LogP contribution in [0.25, 0.3) is 0 Å². The highest BCUT2D eigenvalue weighted by atomic mass is 32.1. The van der Waals surface area contributed by atoms with E-state index in [1.165, 1.54) is 18.4 Å². The van der Waals surface area contributed by atoms with Crippen LogP contribution in [0, 0.1) is 6.92 Å². The Bertz CT molecular complexity index is 364. The molecule has 0 aromatic carbocycles. The lowest BCUT2D eigenvalue weighted by Crippen LogP contribution is -1.99. The minimum atomic E-state index is -0.371. The molecule has 0 aliphatic heterocycles. The van der Waals surface area contributed by atoms with Crippen LogP contribution in [0.3, 0.4) is 0 Å². The first-order valence-electron chi connectivity index (χ1n) is 3.88. The Labute approximate surface area is 79.9 Å². The zero-order valence-corrected chi connectivity index (χ0v) is 8.60. The molecule has 0 aliphatic rings. The lowest BCUT2D eigenvalue weighted by molar-refractivity contribution is 0.0603. The fourth-order valence-corrected chi connectivity index (χ4v) is 1.72. The lowest BCUT2D eigenvalue weighted by atomic mass is 10.4. The number of hydrogen-bond donors (Lipinski definition) is 0. The molecule has 0 fully saturated rings. The topological polar surface area (TPSA) is 51.8 Å². The van der Waals surface area contributed by atoms with E-state index in [-0.39, 0.29) is 5.97 Å². The minimum Gasteiger partial charge on any atom is -0.465 e. The van der Waals surface area contributed by atoms with Gasteiger partial charge in [0, 0.05) is 6.54 Å². The summed E-state index contributed by atoms with van der Waals surface area (Å²) in [4.78, 5) is 16.2. The molecule has 0 aliphatic carbocycles. The molecule has 0 spiro atoms. The van der Waals surface area contributed by atoms with Crippen LogP contribution >= 0.6 is 11.3 Å². The van der Waals surface area contributed by atoms with Gasteiger partial charge in [-0.05, 0) is 13.8 Å². The highest BCUT2D eigenvalue weighted by Crippen LogP contribution is 2.11. The fourth-order valence-electron chi connectivity index (χ4n) is 0.829. The summed E-state index contributed by atoms with van der Waals surface area (Å²) in [5.41, 5.74) is 0. The molecule has 0 amide bonds. The summed E-state index contributed by atoms with van der Waals surface area (Å²) in [5, 5.41) is 0. The molecule has 4 nitrogen and oxygen atoms in total. The van der Waals surface area contributed by atoms with Crippen LogP contribution in [0.4, 0.5) is 0 Å². The molecule has 0 saturated carbocycles. The van der Waals surface area contributed by atoms with Crippen molar-refractivity contribution in [3.05, 3.63) is 15.5 Å². The number of hydrogen-bond acceptors (Lipinski definition) is 5. The van der Waals surface area contributed by atoms with Crippen molar-refractivity contribution >= 4 is 17.3 Å². The molecular weight excluding hydrogens is 190 g/mol. The Hall–Kier alpha value is -1.10. The third-order valence-corrected chi connectivity index (χ3v) is 2.45. The summed E-state index contributed by atoms with van der Waals surface area (Å²) in [7, 11) is 1.35. The molecule has 1 heterocycles. The molecule has 1 rings (SSSR count). The van der Waals surface area contributed by atoms with E-state index in [2.05, 4.69) is 9.73 Å². The van der Waals surface area contributed by atoms with Gasteiger partial charge in [0.05, 0.1) is 7.11 Å². The highest BCUT2D eigenvalue weighted by Gasteiger charge is 2.14. The van der Waals surface area contributed by atoms with Crippen LogP contribution in [0.15, 0.2) is 9.41 Å². The number of aryl methyl sites for hydroxylation is 1. The molecule has 13 heavy (non-hydrogen) atoms. The minimum absolute atomic E-state index is 0.371. The van der Waals surface area contributed by atoms with E-state index < -0.39 is 0 Å². The van der Waals surface area contributed by atoms with Crippen molar-refractivity contribution < 1.29 is 13.9 Å². The molecule has 5 heteroatoms. The summed E-state index contributed by atoms with van der Waals surface area (Å²) in [6.07, 6.45) is 0. The van der Waals surface area contributed by atoms with Crippen LogP contribution in [0.5, 0.6) is 0 Å². The molecular formula is C8H11NO3S. The molecule has 0 saturated heterocycles. The van der Waals surface area contributed by atoms with Crippen molar-refractivity contribution in [2.24, 2.45) is 4.99 Å². The first-order valence-corrected chi connectivity index (χ1v) is 4.70. The zero-order valence-electron chi connectivity index (χ0n) is 7.79. The number of carbonyl (C=O) groups excluding carboxylic acids is 1. The maximum Gasteiger partial charge on any atom is 0.351 e. The van der Waals surface area contributed by atoms with Crippen molar-refractivity contribution in [1.29, 1.82) is 0 Å². The van der Waals surface area contributed by atoms with Crippen molar-refractivity contribution in [2.45, 2.75) is 13.8 Å². The van der Waals surface area contributed by atoms with Crippen LogP contribution in [-0.2, 0) is 4.74 Å². The second-order valence-corrected chi connectivity index (χ2v) is 3.28. The second kappa shape index (κ2) is 4.23. The summed E-state index contributed by atoms with van der Waals surface area (Å²) < 4.78 is 9.81. The number of rotatable bonds is 2. The number of esters is 1. The van der Waals surface area contributed by atoms with Crippen molar-refractivity contribution in [3.8, 4) is 0 Å². The van der Waals surface area contributed by atoms with E-state index in [4.69, 9.17) is 4.42 Å². The average molecular weight is 201 g/mol. The zero-order chi connectivity index (χ0) is 9.84. The van der Waals surface area contributed by atoms with E-state index in [1.807, 2.05) is 6.92 Å². The number of ether oxygens (including phenoxy) is 1. The molecule has 0 N–H and O–H groups in total. The molecule has 0 radical (unpaired) electrons. The van der Waals surface area contributed by atoms with Gasteiger partial charge in [0.1, 0.15) is 5.76 Å². The molecule has 0 bridgehead atoms. The Morgan fingerprint density at radius 1 is 1.69 bits per heavy atom. The predicted molar refractivity (Wildman–Crippen MR) is 48.8 cm³/mol. The van der Waals surface area contributed by atoms with Gasteiger partial charge in [-0.25, -0.2) is 9.79 Å². The quantitative estimate of drug-likeness (QED) is 0.679. The maximum absolute atomic E-state index is 11.1. The van der Waals surface area contributed by atoms with Crippen LogP contribution in [0.2, 0.25) is 0 Å². The highest BCUT2D eigenvalue weighted by molar-refractivity contribution is 7.11. The average Bonchev–Trinajstić information content (AvgIpc) is 2.46. The van der Waals surface area contributed by atoms with Gasteiger partial charge in [0.25, 0.3) is 4.87 Å². The van der Waals surface area contributed by atoms with Crippen LogP contribution in [-0.4, -0.2) is 19.6 Å². The van der Waals surface area contributed by atoms with E-state index in [9.17, 15) is 4.79 Å². The van der Waals surface area contributed by atoms with E-state index in [1.54, 1.807) is 6.92 Å².